The summed E-state index contributed by atoms with van der Waals surface area (Å²) in [6.45, 7) is 4.16. The Morgan fingerprint density at radius 3 is 2.69 bits per heavy atom. The molecule has 84 valence electrons. The van der Waals surface area contributed by atoms with E-state index in [1.807, 2.05) is 11.4 Å². The number of halogens is 2. The fourth-order valence-electron chi connectivity index (χ4n) is 1.34. The molecule has 0 atom stereocenters. The highest BCUT2D eigenvalue weighted by molar-refractivity contribution is 9.10. The molecule has 0 bridgehead atoms. The van der Waals surface area contributed by atoms with E-state index in [2.05, 4.69) is 34.8 Å². The van der Waals surface area contributed by atoms with Gasteiger partial charge in [0.15, 0.2) is 0 Å². The molecule has 0 amide bonds. The quantitative estimate of drug-likeness (QED) is 0.773. The lowest BCUT2D eigenvalue weighted by atomic mass is 10.1. The van der Waals surface area contributed by atoms with Crippen LogP contribution in [0, 0.1) is 5.82 Å². The van der Waals surface area contributed by atoms with Crippen molar-refractivity contribution >= 4 is 27.3 Å². The van der Waals surface area contributed by atoms with E-state index in [1.54, 1.807) is 6.07 Å². The standard InChI is InChI=1S/C12H11BrFNS/c1-7(2)11-6-16-12(15-11)9-4-3-8(13)5-10(9)14/h3-7H,1-2H3. The summed E-state index contributed by atoms with van der Waals surface area (Å²) >= 11 is 4.72. The lowest BCUT2D eigenvalue weighted by Gasteiger charge is -2.00. The topological polar surface area (TPSA) is 12.9 Å². The van der Waals surface area contributed by atoms with E-state index in [4.69, 9.17) is 0 Å². The van der Waals surface area contributed by atoms with Crippen molar-refractivity contribution in [2.45, 2.75) is 19.8 Å². The third-order valence-electron chi connectivity index (χ3n) is 2.28. The molecule has 0 N–H and O–H groups in total. The number of benzene rings is 1. The molecule has 2 aromatic rings. The molecule has 2 rings (SSSR count). The van der Waals surface area contributed by atoms with Crippen molar-refractivity contribution in [3.05, 3.63) is 39.6 Å². The molecule has 16 heavy (non-hydrogen) atoms. The van der Waals surface area contributed by atoms with Crippen LogP contribution in [0.4, 0.5) is 4.39 Å². The highest BCUT2D eigenvalue weighted by Crippen LogP contribution is 2.30. The van der Waals surface area contributed by atoms with Crippen LogP contribution in [-0.4, -0.2) is 4.98 Å². The molecule has 0 saturated carbocycles. The van der Waals surface area contributed by atoms with E-state index in [-0.39, 0.29) is 5.82 Å². The number of rotatable bonds is 2. The second kappa shape index (κ2) is 4.63. The second-order valence-corrected chi connectivity index (χ2v) is 5.63. The Kier molecular flexibility index (Phi) is 3.40. The van der Waals surface area contributed by atoms with Crippen molar-refractivity contribution in [1.29, 1.82) is 0 Å². The van der Waals surface area contributed by atoms with Crippen molar-refractivity contribution in [2.24, 2.45) is 0 Å². The van der Waals surface area contributed by atoms with Gasteiger partial charge in [0.1, 0.15) is 10.8 Å². The molecule has 0 spiro atoms. The van der Waals surface area contributed by atoms with Gasteiger partial charge < -0.3 is 0 Å². The van der Waals surface area contributed by atoms with Gasteiger partial charge in [0, 0.05) is 15.4 Å². The van der Waals surface area contributed by atoms with Crippen molar-refractivity contribution in [3.63, 3.8) is 0 Å². The molecule has 1 aromatic heterocycles. The third-order valence-corrected chi connectivity index (χ3v) is 3.66. The molecule has 0 aliphatic carbocycles. The van der Waals surface area contributed by atoms with Gasteiger partial charge >= 0.3 is 0 Å². The first kappa shape index (κ1) is 11.7. The van der Waals surface area contributed by atoms with Gasteiger partial charge in [0.05, 0.1) is 5.69 Å². The first-order valence-corrected chi connectivity index (χ1v) is 6.66. The number of nitrogens with zero attached hydrogens (tertiary/aromatic N) is 1. The average molecular weight is 300 g/mol. The fraction of sp³-hybridized carbons (Fsp3) is 0.250. The number of hydrogen-bond acceptors (Lipinski definition) is 2. The van der Waals surface area contributed by atoms with E-state index in [0.29, 0.717) is 11.5 Å². The minimum Gasteiger partial charge on any atom is -0.241 e. The lowest BCUT2D eigenvalue weighted by molar-refractivity contribution is 0.630. The summed E-state index contributed by atoms with van der Waals surface area (Å²) in [5.41, 5.74) is 1.59. The lowest BCUT2D eigenvalue weighted by Crippen LogP contribution is -1.88. The van der Waals surface area contributed by atoms with Crippen LogP contribution in [0.1, 0.15) is 25.5 Å². The average Bonchev–Trinajstić information content (AvgIpc) is 2.66. The number of hydrogen-bond donors (Lipinski definition) is 0. The molecular formula is C12H11BrFNS. The van der Waals surface area contributed by atoms with E-state index >= 15 is 0 Å². The van der Waals surface area contributed by atoms with Gasteiger partial charge in [-0.25, -0.2) is 9.37 Å². The first-order chi connectivity index (χ1) is 7.58. The molecule has 0 fully saturated rings. The summed E-state index contributed by atoms with van der Waals surface area (Å²) in [6, 6.07) is 5.04. The van der Waals surface area contributed by atoms with Crippen LogP contribution in [0.25, 0.3) is 10.6 Å². The van der Waals surface area contributed by atoms with E-state index in [9.17, 15) is 4.39 Å². The maximum absolute atomic E-state index is 13.7. The zero-order valence-electron chi connectivity index (χ0n) is 9.00. The van der Waals surface area contributed by atoms with Crippen molar-refractivity contribution in [1.82, 2.24) is 4.98 Å². The summed E-state index contributed by atoms with van der Waals surface area (Å²) in [4.78, 5) is 4.43. The van der Waals surface area contributed by atoms with Crippen LogP contribution < -0.4 is 0 Å². The molecule has 0 aliphatic rings. The summed E-state index contributed by atoms with van der Waals surface area (Å²) < 4.78 is 14.4. The van der Waals surface area contributed by atoms with Crippen molar-refractivity contribution in [2.75, 3.05) is 0 Å². The van der Waals surface area contributed by atoms with Gasteiger partial charge in [0.2, 0.25) is 0 Å². The van der Waals surface area contributed by atoms with Gasteiger partial charge in [-0.15, -0.1) is 11.3 Å². The van der Waals surface area contributed by atoms with E-state index in [0.717, 1.165) is 15.2 Å². The Hall–Kier alpha value is -0.740. The van der Waals surface area contributed by atoms with E-state index in [1.165, 1.54) is 17.4 Å². The molecule has 1 nitrogen and oxygen atoms in total. The Labute approximate surface area is 106 Å². The SMILES string of the molecule is CC(C)c1csc(-c2ccc(Br)cc2F)n1. The molecule has 0 aliphatic heterocycles. The Bertz CT molecular complexity index is 507. The minimum absolute atomic E-state index is 0.237. The maximum Gasteiger partial charge on any atom is 0.134 e. The summed E-state index contributed by atoms with van der Waals surface area (Å²) in [6.07, 6.45) is 0. The fourth-order valence-corrected chi connectivity index (χ4v) is 2.68. The highest BCUT2D eigenvalue weighted by Gasteiger charge is 2.11. The van der Waals surface area contributed by atoms with Gasteiger partial charge in [-0.05, 0) is 24.1 Å². The van der Waals surface area contributed by atoms with Crippen LogP contribution in [-0.2, 0) is 0 Å². The summed E-state index contributed by atoms with van der Waals surface area (Å²) in [7, 11) is 0. The zero-order chi connectivity index (χ0) is 11.7. The van der Waals surface area contributed by atoms with E-state index < -0.39 is 0 Å². The predicted octanol–water partition coefficient (Wildman–Crippen LogP) is 4.84. The summed E-state index contributed by atoms with van der Waals surface area (Å²) in [5, 5.41) is 2.73. The molecule has 4 heteroatoms. The van der Waals surface area contributed by atoms with Crippen LogP contribution in [0.2, 0.25) is 0 Å². The van der Waals surface area contributed by atoms with Gasteiger partial charge in [-0.2, -0.15) is 0 Å². The molecule has 0 saturated heterocycles. The molecule has 0 unspecified atom stereocenters. The maximum atomic E-state index is 13.7. The Morgan fingerprint density at radius 1 is 1.38 bits per heavy atom. The van der Waals surface area contributed by atoms with Crippen LogP contribution in [0.5, 0.6) is 0 Å². The molecular weight excluding hydrogens is 289 g/mol. The first-order valence-electron chi connectivity index (χ1n) is 4.99. The van der Waals surface area contributed by atoms with Crippen molar-refractivity contribution < 1.29 is 4.39 Å². The number of thiazole rings is 1. The molecule has 1 aromatic carbocycles. The normalized spacial score (nSPS) is 11.1. The third kappa shape index (κ3) is 2.33. The molecule has 1 heterocycles. The summed E-state index contributed by atoms with van der Waals surface area (Å²) in [5.74, 6) is 0.141. The second-order valence-electron chi connectivity index (χ2n) is 3.86. The minimum atomic E-state index is -0.237. The zero-order valence-corrected chi connectivity index (χ0v) is 11.4. The van der Waals surface area contributed by atoms with Crippen LogP contribution in [0.3, 0.4) is 0 Å². The largest absolute Gasteiger partial charge is 0.241 e. The van der Waals surface area contributed by atoms with Crippen LogP contribution >= 0.6 is 27.3 Å². The Balaban J connectivity index is 2.42. The monoisotopic (exact) mass is 299 g/mol. The van der Waals surface area contributed by atoms with Crippen LogP contribution in [0.15, 0.2) is 28.1 Å². The number of aromatic nitrogens is 1. The molecule has 0 radical (unpaired) electrons. The van der Waals surface area contributed by atoms with Gasteiger partial charge in [-0.1, -0.05) is 29.8 Å². The van der Waals surface area contributed by atoms with Gasteiger partial charge in [0.25, 0.3) is 0 Å². The smallest absolute Gasteiger partial charge is 0.134 e. The predicted molar refractivity (Wildman–Crippen MR) is 69.3 cm³/mol. The van der Waals surface area contributed by atoms with Gasteiger partial charge in [-0.3, -0.25) is 0 Å². The highest BCUT2D eigenvalue weighted by atomic mass is 79.9. The van der Waals surface area contributed by atoms with Crippen molar-refractivity contribution in [3.8, 4) is 10.6 Å². The Morgan fingerprint density at radius 2 is 2.12 bits per heavy atom.